The fourth-order valence-electron chi connectivity index (χ4n) is 1.17. The Hall–Kier alpha value is -1.03. The van der Waals surface area contributed by atoms with Gasteiger partial charge in [0.15, 0.2) is 0 Å². The quantitative estimate of drug-likeness (QED) is 0.774. The number of anilines is 1. The minimum Gasteiger partial charge on any atom is -0.495 e. The number of carbonyl (C=O) groups is 1. The molecule has 14 heavy (non-hydrogen) atoms. The Balaban J connectivity index is 3.02. The first-order valence-corrected chi connectivity index (χ1v) is 4.96. The number of benzene rings is 1. The van der Waals surface area contributed by atoms with Gasteiger partial charge in [0.05, 0.1) is 19.3 Å². The number of ether oxygens (including phenoxy) is 1. The molecular formula is C10H12BrNO2. The van der Waals surface area contributed by atoms with Gasteiger partial charge in [0.25, 0.3) is 0 Å². The Morgan fingerprint density at radius 2 is 2.29 bits per heavy atom. The first-order valence-electron chi connectivity index (χ1n) is 4.17. The molecule has 1 aromatic carbocycles. The highest BCUT2D eigenvalue weighted by atomic mass is 79.9. The molecule has 0 aromatic heterocycles. The Kier molecular flexibility index (Phi) is 3.95. The van der Waals surface area contributed by atoms with Crippen molar-refractivity contribution in [2.75, 3.05) is 25.6 Å². The lowest BCUT2D eigenvalue weighted by Gasteiger charge is -2.19. The standard InChI is InChI=1S/C10H12BrNO2/c1-12(5-6-13)9-7-8(11)3-4-10(9)14-2/h3-4,6-7H,5H2,1-2H3. The van der Waals surface area contributed by atoms with Crippen LogP contribution in [0.25, 0.3) is 0 Å². The van der Waals surface area contributed by atoms with Gasteiger partial charge in [-0.15, -0.1) is 0 Å². The second-order valence-electron chi connectivity index (χ2n) is 2.86. The zero-order chi connectivity index (χ0) is 10.6. The Labute approximate surface area is 91.8 Å². The number of likely N-dealkylation sites (N-methyl/N-ethyl adjacent to an activating group) is 1. The molecule has 0 spiro atoms. The first kappa shape index (κ1) is 11.0. The SMILES string of the molecule is COc1ccc(Br)cc1N(C)CC=O. The number of carbonyl (C=O) groups excluding carboxylic acids is 1. The molecule has 0 N–H and O–H groups in total. The normalized spacial score (nSPS) is 9.64. The molecule has 1 aromatic rings. The second-order valence-corrected chi connectivity index (χ2v) is 3.78. The van der Waals surface area contributed by atoms with Gasteiger partial charge >= 0.3 is 0 Å². The van der Waals surface area contributed by atoms with Crippen LogP contribution in [0.3, 0.4) is 0 Å². The Bertz CT molecular complexity index is 328. The van der Waals surface area contributed by atoms with E-state index in [9.17, 15) is 4.79 Å². The average molecular weight is 258 g/mol. The van der Waals surface area contributed by atoms with Crippen LogP contribution in [0.15, 0.2) is 22.7 Å². The van der Waals surface area contributed by atoms with Crippen LogP contribution < -0.4 is 9.64 Å². The van der Waals surface area contributed by atoms with Gasteiger partial charge in [-0.3, -0.25) is 0 Å². The van der Waals surface area contributed by atoms with Crippen LogP contribution in [-0.4, -0.2) is 27.0 Å². The topological polar surface area (TPSA) is 29.5 Å². The summed E-state index contributed by atoms with van der Waals surface area (Å²) in [6.45, 7) is 0.354. The number of methoxy groups -OCH3 is 1. The van der Waals surface area contributed by atoms with Gasteiger partial charge in [0.1, 0.15) is 12.0 Å². The molecule has 0 unspecified atom stereocenters. The maximum absolute atomic E-state index is 10.4. The van der Waals surface area contributed by atoms with E-state index in [0.717, 1.165) is 22.2 Å². The van der Waals surface area contributed by atoms with Crippen LogP contribution in [0, 0.1) is 0 Å². The monoisotopic (exact) mass is 257 g/mol. The molecule has 0 aliphatic rings. The zero-order valence-electron chi connectivity index (χ0n) is 8.16. The van der Waals surface area contributed by atoms with Crippen LogP contribution in [0.4, 0.5) is 5.69 Å². The Morgan fingerprint density at radius 3 is 2.86 bits per heavy atom. The van der Waals surface area contributed by atoms with Crippen molar-refractivity contribution in [1.82, 2.24) is 0 Å². The molecule has 0 heterocycles. The van der Waals surface area contributed by atoms with E-state index in [0.29, 0.717) is 6.54 Å². The summed E-state index contributed by atoms with van der Waals surface area (Å²) in [5.41, 5.74) is 0.897. The number of rotatable bonds is 4. The summed E-state index contributed by atoms with van der Waals surface area (Å²) in [6.07, 6.45) is 0.861. The van der Waals surface area contributed by atoms with Crippen LogP contribution >= 0.6 is 15.9 Å². The summed E-state index contributed by atoms with van der Waals surface area (Å²) >= 11 is 3.37. The molecule has 0 amide bonds. The van der Waals surface area contributed by atoms with Gasteiger partial charge in [-0.2, -0.15) is 0 Å². The van der Waals surface area contributed by atoms with Crippen molar-refractivity contribution in [3.63, 3.8) is 0 Å². The summed E-state index contributed by atoms with van der Waals surface area (Å²) in [5, 5.41) is 0. The van der Waals surface area contributed by atoms with Crippen molar-refractivity contribution in [2.24, 2.45) is 0 Å². The third-order valence-corrected chi connectivity index (χ3v) is 2.39. The van der Waals surface area contributed by atoms with Gasteiger partial charge in [-0.05, 0) is 18.2 Å². The van der Waals surface area contributed by atoms with Gasteiger partial charge in [0, 0.05) is 11.5 Å². The number of halogens is 1. The number of nitrogens with zero attached hydrogens (tertiary/aromatic N) is 1. The van der Waals surface area contributed by atoms with Gasteiger partial charge in [-0.1, -0.05) is 15.9 Å². The molecule has 76 valence electrons. The highest BCUT2D eigenvalue weighted by molar-refractivity contribution is 9.10. The summed E-state index contributed by atoms with van der Waals surface area (Å²) < 4.78 is 6.15. The highest BCUT2D eigenvalue weighted by Gasteiger charge is 2.07. The van der Waals surface area contributed by atoms with Crippen molar-refractivity contribution in [3.8, 4) is 5.75 Å². The number of hydrogen-bond donors (Lipinski definition) is 0. The van der Waals surface area contributed by atoms with Crippen molar-refractivity contribution in [2.45, 2.75) is 0 Å². The summed E-state index contributed by atoms with van der Waals surface area (Å²) in [7, 11) is 3.46. The van der Waals surface area contributed by atoms with Crippen molar-refractivity contribution >= 4 is 27.9 Å². The molecule has 0 atom stereocenters. The van der Waals surface area contributed by atoms with Gasteiger partial charge in [0.2, 0.25) is 0 Å². The van der Waals surface area contributed by atoms with E-state index in [1.165, 1.54) is 0 Å². The lowest BCUT2D eigenvalue weighted by molar-refractivity contribution is -0.106. The van der Waals surface area contributed by atoms with Gasteiger partial charge < -0.3 is 14.4 Å². The summed E-state index contributed by atoms with van der Waals surface area (Å²) in [5.74, 6) is 0.762. The molecule has 0 saturated heterocycles. The van der Waals surface area contributed by atoms with E-state index in [4.69, 9.17) is 4.74 Å². The lowest BCUT2D eigenvalue weighted by atomic mass is 10.2. The third kappa shape index (κ3) is 2.48. The van der Waals surface area contributed by atoms with E-state index in [1.54, 1.807) is 7.11 Å². The molecule has 0 bridgehead atoms. The molecule has 3 nitrogen and oxygen atoms in total. The van der Waals surface area contributed by atoms with Crippen molar-refractivity contribution < 1.29 is 9.53 Å². The van der Waals surface area contributed by atoms with Gasteiger partial charge in [-0.25, -0.2) is 0 Å². The zero-order valence-corrected chi connectivity index (χ0v) is 9.74. The molecule has 4 heteroatoms. The van der Waals surface area contributed by atoms with E-state index in [1.807, 2.05) is 30.1 Å². The minimum absolute atomic E-state index is 0.354. The van der Waals surface area contributed by atoms with Crippen LogP contribution in [0.2, 0.25) is 0 Å². The predicted octanol–water partition coefficient (Wildman–Crippen LogP) is 2.09. The third-order valence-electron chi connectivity index (χ3n) is 1.90. The Morgan fingerprint density at radius 1 is 1.57 bits per heavy atom. The molecule has 0 fully saturated rings. The predicted molar refractivity (Wildman–Crippen MR) is 60.0 cm³/mol. The smallest absolute Gasteiger partial charge is 0.142 e. The second kappa shape index (κ2) is 5.00. The van der Waals surface area contributed by atoms with E-state index < -0.39 is 0 Å². The summed E-state index contributed by atoms with van der Waals surface area (Å²) in [4.78, 5) is 12.2. The van der Waals surface area contributed by atoms with Crippen molar-refractivity contribution in [1.29, 1.82) is 0 Å². The summed E-state index contributed by atoms with van der Waals surface area (Å²) in [6, 6.07) is 5.68. The largest absolute Gasteiger partial charge is 0.495 e. The molecular weight excluding hydrogens is 246 g/mol. The van der Waals surface area contributed by atoms with E-state index in [2.05, 4.69) is 15.9 Å². The van der Waals surface area contributed by atoms with E-state index >= 15 is 0 Å². The molecule has 1 rings (SSSR count). The molecule has 0 aliphatic heterocycles. The van der Waals surface area contributed by atoms with Crippen LogP contribution in [0.5, 0.6) is 5.75 Å². The fraction of sp³-hybridized carbons (Fsp3) is 0.300. The highest BCUT2D eigenvalue weighted by Crippen LogP contribution is 2.30. The first-order chi connectivity index (χ1) is 6.69. The van der Waals surface area contributed by atoms with Crippen LogP contribution in [0.1, 0.15) is 0 Å². The molecule has 0 saturated carbocycles. The maximum Gasteiger partial charge on any atom is 0.142 e. The average Bonchev–Trinajstić information content (AvgIpc) is 2.18. The minimum atomic E-state index is 0.354. The van der Waals surface area contributed by atoms with Crippen molar-refractivity contribution in [3.05, 3.63) is 22.7 Å². The number of hydrogen-bond acceptors (Lipinski definition) is 3. The lowest BCUT2D eigenvalue weighted by Crippen LogP contribution is -2.19. The molecule has 0 aliphatic carbocycles. The molecule has 0 radical (unpaired) electrons. The maximum atomic E-state index is 10.4. The fourth-order valence-corrected chi connectivity index (χ4v) is 1.52. The number of aldehydes is 1. The van der Waals surface area contributed by atoms with Crippen LogP contribution in [-0.2, 0) is 4.79 Å². The van der Waals surface area contributed by atoms with E-state index in [-0.39, 0.29) is 0 Å².